The molecular formula is C23H24F2N8O3. The Morgan fingerprint density at radius 2 is 1.75 bits per heavy atom. The third-order valence-electron chi connectivity index (χ3n) is 5.67. The van der Waals surface area contributed by atoms with Crippen molar-refractivity contribution in [3.05, 3.63) is 53.6 Å². The van der Waals surface area contributed by atoms with Gasteiger partial charge in [0.05, 0.1) is 36.1 Å². The Bertz CT molecular complexity index is 1340. The molecule has 1 amide bonds. The second-order valence-corrected chi connectivity index (χ2v) is 8.20. The number of aromatic nitrogens is 3. The van der Waals surface area contributed by atoms with Gasteiger partial charge in [-0.25, -0.2) is 23.5 Å². The maximum absolute atomic E-state index is 14.8. The van der Waals surface area contributed by atoms with Crippen LogP contribution in [0.15, 0.2) is 30.6 Å². The quantitative estimate of drug-likeness (QED) is 0.380. The van der Waals surface area contributed by atoms with E-state index in [2.05, 4.69) is 25.0 Å². The van der Waals surface area contributed by atoms with Crippen LogP contribution in [0.25, 0.3) is 11.4 Å². The number of hydrogen-bond acceptors (Lipinski definition) is 10. The second kappa shape index (κ2) is 10.1. The Morgan fingerprint density at radius 1 is 1.11 bits per heavy atom. The number of rotatable bonds is 5. The number of ether oxygens (including phenoxy) is 1. The van der Waals surface area contributed by atoms with Gasteiger partial charge in [0.25, 0.3) is 5.91 Å². The molecule has 1 aliphatic rings. The van der Waals surface area contributed by atoms with Crippen molar-refractivity contribution in [2.24, 2.45) is 5.73 Å². The molecule has 1 atom stereocenters. The molecule has 0 aliphatic carbocycles. The highest BCUT2D eigenvalue weighted by atomic mass is 19.1. The number of methoxy groups -OCH3 is 1. The highest BCUT2D eigenvalue weighted by molar-refractivity contribution is 6.08. The Hall–Kier alpha value is -4.39. The Balaban J connectivity index is 1.70. The lowest BCUT2D eigenvalue weighted by atomic mass is 10.1. The number of nitrogens with zero attached hydrogens (tertiary/aromatic N) is 4. The number of carbonyl (C=O) groups excluding carboxylic acids is 2. The van der Waals surface area contributed by atoms with Gasteiger partial charge in [-0.05, 0) is 18.9 Å². The van der Waals surface area contributed by atoms with Gasteiger partial charge in [-0.1, -0.05) is 0 Å². The SMILES string of the molecule is COC(=O)c1nc(-c2nc(C(=O)Nc3cnccc3N3CCCC(N)C3)c(N)cc2F)c(F)cc1N. The number of pyridine rings is 3. The highest BCUT2D eigenvalue weighted by Crippen LogP contribution is 2.30. The summed E-state index contributed by atoms with van der Waals surface area (Å²) in [5.41, 5.74) is 16.0. The van der Waals surface area contributed by atoms with E-state index in [4.69, 9.17) is 17.2 Å². The van der Waals surface area contributed by atoms with E-state index in [-0.39, 0.29) is 23.1 Å². The van der Waals surface area contributed by atoms with E-state index in [1.165, 1.54) is 6.20 Å². The van der Waals surface area contributed by atoms with Crippen molar-refractivity contribution in [3.8, 4) is 11.4 Å². The van der Waals surface area contributed by atoms with Crippen molar-refractivity contribution in [1.29, 1.82) is 0 Å². The maximum Gasteiger partial charge on any atom is 0.358 e. The minimum atomic E-state index is -1.06. The standard InChI is InChI=1S/C23H24F2N8O3/c1-36-23(35)21-15(28)8-13(25)19(32-21)18-12(24)7-14(27)20(31-18)22(34)30-16-9-29-5-4-17(16)33-6-2-3-11(26)10-33/h4-5,7-9,11H,2-3,6,10,26-28H2,1H3,(H,30,34). The second-order valence-electron chi connectivity index (χ2n) is 8.20. The topological polar surface area (TPSA) is 175 Å². The molecule has 0 radical (unpaired) electrons. The van der Waals surface area contributed by atoms with Crippen molar-refractivity contribution in [1.82, 2.24) is 15.0 Å². The van der Waals surface area contributed by atoms with E-state index >= 15 is 0 Å². The largest absolute Gasteiger partial charge is 0.464 e. The number of piperidine rings is 1. The average molecular weight is 498 g/mol. The number of anilines is 4. The number of hydrogen-bond donors (Lipinski definition) is 4. The van der Waals surface area contributed by atoms with Crippen LogP contribution in [0.2, 0.25) is 0 Å². The number of carbonyl (C=O) groups is 2. The third kappa shape index (κ3) is 4.86. The summed E-state index contributed by atoms with van der Waals surface area (Å²) < 4.78 is 34.0. The lowest BCUT2D eigenvalue weighted by Crippen LogP contribution is -2.43. The number of halogens is 2. The van der Waals surface area contributed by atoms with Crippen LogP contribution in [-0.4, -0.2) is 53.1 Å². The van der Waals surface area contributed by atoms with Gasteiger partial charge in [-0.15, -0.1) is 0 Å². The fourth-order valence-electron chi connectivity index (χ4n) is 3.95. The zero-order valence-electron chi connectivity index (χ0n) is 19.3. The lowest BCUT2D eigenvalue weighted by Gasteiger charge is -2.33. The van der Waals surface area contributed by atoms with Crippen LogP contribution in [0.1, 0.15) is 33.8 Å². The summed E-state index contributed by atoms with van der Waals surface area (Å²) in [6, 6.07) is 3.34. The lowest BCUT2D eigenvalue weighted by molar-refractivity contribution is 0.0595. The van der Waals surface area contributed by atoms with Crippen LogP contribution in [-0.2, 0) is 4.74 Å². The fourth-order valence-corrected chi connectivity index (χ4v) is 3.95. The molecule has 11 nitrogen and oxygen atoms in total. The predicted molar refractivity (Wildman–Crippen MR) is 129 cm³/mol. The van der Waals surface area contributed by atoms with Gasteiger partial charge in [-0.3, -0.25) is 9.78 Å². The molecule has 3 aromatic heterocycles. The predicted octanol–water partition coefficient (Wildman–Crippen LogP) is 1.95. The van der Waals surface area contributed by atoms with Crippen molar-refractivity contribution in [3.63, 3.8) is 0 Å². The van der Waals surface area contributed by atoms with Gasteiger partial charge in [0.15, 0.2) is 23.0 Å². The summed E-state index contributed by atoms with van der Waals surface area (Å²) in [5.74, 6) is -3.85. The van der Waals surface area contributed by atoms with Crippen LogP contribution >= 0.6 is 0 Å². The minimum Gasteiger partial charge on any atom is -0.464 e. The van der Waals surface area contributed by atoms with Gasteiger partial charge < -0.3 is 32.2 Å². The average Bonchev–Trinajstić information content (AvgIpc) is 2.84. The first-order valence-electron chi connectivity index (χ1n) is 11.0. The fraction of sp³-hybridized carbons (Fsp3) is 0.261. The van der Waals surface area contributed by atoms with Crippen molar-refractivity contribution >= 4 is 34.6 Å². The molecule has 3 aromatic rings. The number of nitrogen functional groups attached to an aromatic ring is 2. The first-order chi connectivity index (χ1) is 17.2. The molecule has 0 saturated carbocycles. The van der Waals surface area contributed by atoms with Crippen molar-refractivity contribution in [2.45, 2.75) is 18.9 Å². The molecule has 13 heteroatoms. The van der Waals surface area contributed by atoms with E-state index in [9.17, 15) is 18.4 Å². The molecule has 0 bridgehead atoms. The van der Waals surface area contributed by atoms with Gasteiger partial charge in [0.1, 0.15) is 11.4 Å². The third-order valence-corrected chi connectivity index (χ3v) is 5.67. The van der Waals surface area contributed by atoms with E-state index in [0.717, 1.165) is 38.6 Å². The molecule has 1 aliphatic heterocycles. The van der Waals surface area contributed by atoms with E-state index in [1.807, 2.05) is 4.90 Å². The molecule has 0 aromatic carbocycles. The molecule has 36 heavy (non-hydrogen) atoms. The van der Waals surface area contributed by atoms with Gasteiger partial charge >= 0.3 is 5.97 Å². The molecular weight excluding hydrogens is 474 g/mol. The number of nitrogens with one attached hydrogen (secondary N) is 1. The molecule has 7 N–H and O–H groups in total. The summed E-state index contributed by atoms with van der Waals surface area (Å²) in [6.45, 7) is 1.34. The molecule has 1 saturated heterocycles. The van der Waals surface area contributed by atoms with Crippen molar-refractivity contribution in [2.75, 3.05) is 41.9 Å². The summed E-state index contributed by atoms with van der Waals surface area (Å²) in [5, 5.41) is 2.68. The number of amides is 1. The van der Waals surface area contributed by atoms with Gasteiger partial charge in [0, 0.05) is 37.5 Å². The van der Waals surface area contributed by atoms with Gasteiger partial charge in [-0.2, -0.15) is 0 Å². The van der Waals surface area contributed by atoms with Crippen LogP contribution in [0.5, 0.6) is 0 Å². The maximum atomic E-state index is 14.8. The smallest absolute Gasteiger partial charge is 0.358 e. The molecule has 188 valence electrons. The van der Waals surface area contributed by atoms with Gasteiger partial charge in [0.2, 0.25) is 0 Å². The molecule has 4 rings (SSSR count). The summed E-state index contributed by atoms with van der Waals surface area (Å²) in [4.78, 5) is 38.9. The minimum absolute atomic E-state index is 0.00961. The van der Waals surface area contributed by atoms with Crippen LogP contribution in [0.3, 0.4) is 0 Å². The molecule has 4 heterocycles. The monoisotopic (exact) mass is 498 g/mol. The van der Waals surface area contributed by atoms with E-state index < -0.39 is 40.6 Å². The van der Waals surface area contributed by atoms with Crippen LogP contribution in [0, 0.1) is 11.6 Å². The zero-order chi connectivity index (χ0) is 26.0. The van der Waals surface area contributed by atoms with Crippen molar-refractivity contribution < 1.29 is 23.1 Å². The van der Waals surface area contributed by atoms with Crippen LogP contribution in [0.4, 0.5) is 31.5 Å². The summed E-state index contributed by atoms with van der Waals surface area (Å²) in [6.07, 6.45) is 4.83. The first kappa shape index (κ1) is 24.7. The highest BCUT2D eigenvalue weighted by Gasteiger charge is 2.25. The Labute approximate surface area is 204 Å². The molecule has 1 unspecified atom stereocenters. The molecule has 1 fully saturated rings. The number of esters is 1. The van der Waals surface area contributed by atoms with E-state index in [0.29, 0.717) is 17.9 Å². The Kier molecular flexibility index (Phi) is 6.92. The normalized spacial score (nSPS) is 15.4. The molecule has 0 spiro atoms. The van der Waals surface area contributed by atoms with E-state index in [1.54, 1.807) is 12.3 Å². The Morgan fingerprint density at radius 3 is 2.39 bits per heavy atom. The zero-order valence-corrected chi connectivity index (χ0v) is 19.3. The van der Waals surface area contributed by atoms with Crippen LogP contribution < -0.4 is 27.4 Å². The summed E-state index contributed by atoms with van der Waals surface area (Å²) in [7, 11) is 1.08. The first-order valence-corrected chi connectivity index (χ1v) is 11.0. The summed E-state index contributed by atoms with van der Waals surface area (Å²) >= 11 is 0. The number of nitrogens with two attached hydrogens (primary N) is 3.